The van der Waals surface area contributed by atoms with Gasteiger partial charge < -0.3 is 15.2 Å². The molecule has 1 aromatic carbocycles. The summed E-state index contributed by atoms with van der Waals surface area (Å²) in [4.78, 5) is 12.1. The van der Waals surface area contributed by atoms with Gasteiger partial charge in [-0.1, -0.05) is 11.2 Å². The standard InChI is InChI=1S/C16H17ClFN3O2.ClH/c1-9-11(16(17)23-21-9)3-5-14(22)20-13-4-2-10-8-19-7-6-12(10)15(13)18;/h2,4,19H,3,5-8H2,1H3,(H,20,22);1H. The van der Waals surface area contributed by atoms with E-state index in [1.807, 2.05) is 6.07 Å². The molecule has 3 rings (SSSR count). The number of benzene rings is 1. The van der Waals surface area contributed by atoms with E-state index in [1.165, 1.54) is 0 Å². The molecule has 1 aliphatic heterocycles. The molecule has 2 heterocycles. The normalized spacial score (nSPS) is 13.1. The van der Waals surface area contributed by atoms with Gasteiger partial charge in [-0.05, 0) is 55.1 Å². The number of anilines is 1. The van der Waals surface area contributed by atoms with Gasteiger partial charge in [0, 0.05) is 18.5 Å². The van der Waals surface area contributed by atoms with Gasteiger partial charge in [0.2, 0.25) is 11.1 Å². The van der Waals surface area contributed by atoms with Crippen molar-refractivity contribution in [2.24, 2.45) is 0 Å². The molecular weight excluding hydrogens is 356 g/mol. The lowest BCUT2D eigenvalue weighted by Crippen LogP contribution is -2.25. The van der Waals surface area contributed by atoms with Gasteiger partial charge in [0.1, 0.15) is 5.82 Å². The van der Waals surface area contributed by atoms with E-state index in [0.717, 1.165) is 12.1 Å². The van der Waals surface area contributed by atoms with E-state index in [4.69, 9.17) is 16.1 Å². The van der Waals surface area contributed by atoms with Gasteiger partial charge in [-0.25, -0.2) is 4.39 Å². The number of halogens is 3. The monoisotopic (exact) mass is 373 g/mol. The highest BCUT2D eigenvalue weighted by atomic mass is 35.5. The molecule has 8 heteroatoms. The third kappa shape index (κ3) is 3.88. The maximum absolute atomic E-state index is 14.5. The van der Waals surface area contributed by atoms with Gasteiger partial charge in [0.25, 0.3) is 0 Å². The molecule has 0 bridgehead atoms. The molecule has 0 aliphatic carbocycles. The Balaban J connectivity index is 0.00000208. The van der Waals surface area contributed by atoms with Crippen molar-refractivity contribution in [3.63, 3.8) is 0 Å². The van der Waals surface area contributed by atoms with Crippen LogP contribution in [0.5, 0.6) is 0 Å². The highest BCUT2D eigenvalue weighted by molar-refractivity contribution is 6.29. The molecule has 2 aromatic rings. The van der Waals surface area contributed by atoms with Gasteiger partial charge in [-0.3, -0.25) is 4.79 Å². The maximum Gasteiger partial charge on any atom is 0.229 e. The van der Waals surface area contributed by atoms with E-state index in [-0.39, 0.29) is 41.5 Å². The number of nitrogens with zero attached hydrogens (tertiary/aromatic N) is 1. The molecule has 1 amide bonds. The first kappa shape index (κ1) is 18.7. The van der Waals surface area contributed by atoms with Crippen LogP contribution in [0.25, 0.3) is 0 Å². The molecule has 5 nitrogen and oxygen atoms in total. The average Bonchev–Trinajstić information content (AvgIpc) is 2.87. The second-order valence-electron chi connectivity index (χ2n) is 5.56. The van der Waals surface area contributed by atoms with Crippen LogP contribution in [0.3, 0.4) is 0 Å². The van der Waals surface area contributed by atoms with Crippen LogP contribution in [0.2, 0.25) is 5.22 Å². The Morgan fingerprint density at radius 2 is 2.29 bits per heavy atom. The molecule has 0 unspecified atom stereocenters. The topological polar surface area (TPSA) is 67.2 Å². The van der Waals surface area contributed by atoms with Crippen molar-refractivity contribution < 1.29 is 13.7 Å². The van der Waals surface area contributed by atoms with Gasteiger partial charge in [-0.2, -0.15) is 0 Å². The van der Waals surface area contributed by atoms with Crippen LogP contribution < -0.4 is 10.6 Å². The van der Waals surface area contributed by atoms with Crippen LogP contribution in [0.1, 0.15) is 28.8 Å². The summed E-state index contributed by atoms with van der Waals surface area (Å²) in [6, 6.07) is 3.46. The minimum absolute atomic E-state index is 0. The second-order valence-corrected chi connectivity index (χ2v) is 5.90. The van der Waals surface area contributed by atoms with Crippen molar-refractivity contribution >= 4 is 35.6 Å². The van der Waals surface area contributed by atoms with Gasteiger partial charge in [0.05, 0.1) is 11.4 Å². The Morgan fingerprint density at radius 3 is 3.00 bits per heavy atom. The number of carbonyl (C=O) groups excluding carboxylic acids is 1. The summed E-state index contributed by atoms with van der Waals surface area (Å²) in [5.41, 5.74) is 3.22. The Morgan fingerprint density at radius 1 is 1.50 bits per heavy atom. The molecule has 0 fully saturated rings. The molecule has 2 N–H and O–H groups in total. The summed E-state index contributed by atoms with van der Waals surface area (Å²) in [5.74, 6) is -0.606. The first-order valence-corrected chi connectivity index (χ1v) is 7.85. The maximum atomic E-state index is 14.5. The van der Waals surface area contributed by atoms with Crippen molar-refractivity contribution in [3.05, 3.63) is 45.6 Å². The van der Waals surface area contributed by atoms with Crippen molar-refractivity contribution in [2.45, 2.75) is 32.7 Å². The number of rotatable bonds is 4. The average molecular weight is 374 g/mol. The fourth-order valence-corrected chi connectivity index (χ4v) is 2.99. The lowest BCUT2D eigenvalue weighted by Gasteiger charge is -2.19. The summed E-state index contributed by atoms with van der Waals surface area (Å²) >= 11 is 5.87. The number of aryl methyl sites for hydroxylation is 1. The number of amides is 1. The fraction of sp³-hybridized carbons (Fsp3) is 0.375. The zero-order valence-electron chi connectivity index (χ0n) is 13.1. The lowest BCUT2D eigenvalue weighted by molar-refractivity contribution is -0.116. The van der Waals surface area contributed by atoms with E-state index >= 15 is 0 Å². The Bertz CT molecular complexity index is 730. The lowest BCUT2D eigenvalue weighted by atomic mass is 9.99. The zero-order chi connectivity index (χ0) is 16.4. The minimum Gasteiger partial charge on any atom is -0.344 e. The van der Waals surface area contributed by atoms with E-state index in [0.29, 0.717) is 36.2 Å². The quantitative estimate of drug-likeness (QED) is 0.861. The van der Waals surface area contributed by atoms with E-state index in [2.05, 4.69) is 15.8 Å². The predicted octanol–water partition coefficient (Wildman–Crippen LogP) is 3.41. The number of fused-ring (bicyclic) bond motifs is 1. The summed E-state index contributed by atoms with van der Waals surface area (Å²) in [6.07, 6.45) is 1.21. The summed E-state index contributed by atoms with van der Waals surface area (Å²) in [5, 5.41) is 9.76. The van der Waals surface area contributed by atoms with E-state index in [1.54, 1.807) is 13.0 Å². The number of nitrogens with one attached hydrogen (secondary N) is 2. The predicted molar refractivity (Wildman–Crippen MR) is 92.3 cm³/mol. The van der Waals surface area contributed by atoms with Crippen molar-refractivity contribution in [2.75, 3.05) is 11.9 Å². The third-order valence-electron chi connectivity index (χ3n) is 4.02. The largest absolute Gasteiger partial charge is 0.344 e. The Labute approximate surface area is 150 Å². The molecule has 24 heavy (non-hydrogen) atoms. The number of hydrogen-bond acceptors (Lipinski definition) is 4. The first-order chi connectivity index (χ1) is 11.1. The highest BCUT2D eigenvalue weighted by Gasteiger charge is 2.18. The molecular formula is C16H18Cl2FN3O2. The summed E-state index contributed by atoms with van der Waals surface area (Å²) in [6.45, 7) is 3.16. The van der Waals surface area contributed by atoms with E-state index in [9.17, 15) is 9.18 Å². The van der Waals surface area contributed by atoms with Crippen molar-refractivity contribution in [1.82, 2.24) is 10.5 Å². The smallest absolute Gasteiger partial charge is 0.229 e. The van der Waals surface area contributed by atoms with Crippen LogP contribution in [-0.2, 0) is 24.2 Å². The first-order valence-electron chi connectivity index (χ1n) is 7.47. The van der Waals surface area contributed by atoms with Crippen LogP contribution in [0.15, 0.2) is 16.7 Å². The van der Waals surface area contributed by atoms with Gasteiger partial charge in [-0.15, -0.1) is 12.4 Å². The van der Waals surface area contributed by atoms with Crippen LogP contribution >= 0.6 is 24.0 Å². The molecule has 130 valence electrons. The minimum atomic E-state index is -0.337. The SMILES string of the molecule is Cc1noc(Cl)c1CCC(=O)Nc1ccc2c(c1F)CCNC2.Cl. The van der Waals surface area contributed by atoms with E-state index < -0.39 is 0 Å². The van der Waals surface area contributed by atoms with Gasteiger partial charge >= 0.3 is 0 Å². The molecule has 0 saturated carbocycles. The van der Waals surface area contributed by atoms with Gasteiger partial charge in [0.15, 0.2) is 0 Å². The third-order valence-corrected chi connectivity index (χ3v) is 4.32. The van der Waals surface area contributed by atoms with Crippen molar-refractivity contribution in [1.29, 1.82) is 0 Å². The Hall–Kier alpha value is -1.63. The molecule has 0 radical (unpaired) electrons. The fourth-order valence-electron chi connectivity index (χ4n) is 2.72. The molecule has 0 spiro atoms. The second kappa shape index (κ2) is 7.96. The van der Waals surface area contributed by atoms with Crippen LogP contribution in [0.4, 0.5) is 10.1 Å². The number of carbonyl (C=O) groups is 1. The van der Waals surface area contributed by atoms with Crippen LogP contribution in [0, 0.1) is 12.7 Å². The summed E-state index contributed by atoms with van der Waals surface area (Å²) in [7, 11) is 0. The van der Waals surface area contributed by atoms with Crippen molar-refractivity contribution in [3.8, 4) is 0 Å². The van der Waals surface area contributed by atoms with Crippen LogP contribution in [-0.4, -0.2) is 17.6 Å². The number of hydrogen-bond donors (Lipinski definition) is 2. The molecule has 1 aliphatic rings. The zero-order valence-corrected chi connectivity index (χ0v) is 14.7. The number of aromatic nitrogens is 1. The molecule has 1 aromatic heterocycles. The molecule has 0 atom stereocenters. The summed E-state index contributed by atoms with van der Waals surface area (Å²) < 4.78 is 19.3. The Kier molecular flexibility index (Phi) is 6.21. The molecule has 0 saturated heterocycles. The highest BCUT2D eigenvalue weighted by Crippen LogP contribution is 2.25.